The van der Waals surface area contributed by atoms with Gasteiger partial charge in [-0.25, -0.2) is 9.18 Å². The molecule has 0 amide bonds. The Balaban J connectivity index is 0.00000163. The molecule has 2 rings (SSSR count). The third-order valence-electron chi connectivity index (χ3n) is 4.20. The van der Waals surface area contributed by atoms with E-state index < -0.39 is 11.4 Å². The molecular formula is C20H29FN2O3. The lowest BCUT2D eigenvalue weighted by Gasteiger charge is -2.23. The molecule has 1 aromatic heterocycles. The van der Waals surface area contributed by atoms with Gasteiger partial charge in [0, 0.05) is 24.2 Å². The molecule has 0 bridgehead atoms. The Bertz CT molecular complexity index is 828. The average molecular weight is 364 g/mol. The number of hydrogen-bond donors (Lipinski definition) is 0. The van der Waals surface area contributed by atoms with Gasteiger partial charge in [-0.05, 0) is 52.6 Å². The van der Waals surface area contributed by atoms with Gasteiger partial charge in [-0.3, -0.25) is 4.79 Å². The van der Waals surface area contributed by atoms with E-state index >= 15 is 0 Å². The van der Waals surface area contributed by atoms with Crippen LogP contribution in [0.5, 0.6) is 0 Å². The van der Waals surface area contributed by atoms with E-state index in [2.05, 4.69) is 0 Å². The zero-order chi connectivity index (χ0) is 20.0. The fraction of sp³-hybridized carbons (Fsp3) is 0.500. The van der Waals surface area contributed by atoms with Crippen LogP contribution in [0, 0.1) is 12.7 Å². The molecule has 1 heterocycles. The minimum Gasteiger partial charge on any atom is -0.462 e. The van der Waals surface area contributed by atoms with Crippen LogP contribution in [0.1, 0.15) is 43.6 Å². The third kappa shape index (κ3) is 4.69. The Labute approximate surface area is 154 Å². The summed E-state index contributed by atoms with van der Waals surface area (Å²) in [6, 6.07) is 2.98. The van der Waals surface area contributed by atoms with Crippen LogP contribution in [0.15, 0.2) is 23.1 Å². The average Bonchev–Trinajstić information content (AvgIpc) is 2.60. The molecule has 1 aromatic carbocycles. The minimum atomic E-state index is -0.655. The Morgan fingerprint density at radius 1 is 1.31 bits per heavy atom. The lowest BCUT2D eigenvalue weighted by atomic mass is 10.1. The van der Waals surface area contributed by atoms with Gasteiger partial charge < -0.3 is 14.2 Å². The maximum Gasteiger partial charge on any atom is 0.343 e. The monoisotopic (exact) mass is 364 g/mol. The van der Waals surface area contributed by atoms with E-state index in [1.54, 1.807) is 18.4 Å². The van der Waals surface area contributed by atoms with E-state index in [1.807, 2.05) is 39.8 Å². The quantitative estimate of drug-likeness (QED) is 0.761. The molecule has 6 heteroatoms. The first-order valence-corrected chi connectivity index (χ1v) is 8.93. The SMILES string of the molecule is CC.CCOC(=O)c1cn(CC(C)N(C)C)c2cc(F)c(C)cc2c1=O. The highest BCUT2D eigenvalue weighted by Gasteiger charge is 2.19. The number of benzene rings is 1. The Kier molecular flexibility index (Phi) is 7.96. The van der Waals surface area contributed by atoms with Crippen molar-refractivity contribution in [3.63, 3.8) is 0 Å². The van der Waals surface area contributed by atoms with Gasteiger partial charge in [0.05, 0.1) is 12.1 Å². The number of rotatable bonds is 5. The van der Waals surface area contributed by atoms with E-state index in [4.69, 9.17) is 4.74 Å². The molecule has 0 N–H and O–H groups in total. The van der Waals surface area contributed by atoms with E-state index in [-0.39, 0.29) is 24.0 Å². The van der Waals surface area contributed by atoms with Crippen LogP contribution in [0.4, 0.5) is 4.39 Å². The maximum atomic E-state index is 14.0. The second-order valence-corrected chi connectivity index (χ2v) is 6.18. The smallest absolute Gasteiger partial charge is 0.343 e. The van der Waals surface area contributed by atoms with Gasteiger partial charge in [-0.2, -0.15) is 0 Å². The highest BCUT2D eigenvalue weighted by Crippen LogP contribution is 2.18. The number of aromatic nitrogens is 1. The standard InChI is InChI=1S/C18H23FN2O3.C2H6/c1-6-24-18(23)14-10-21(9-12(3)20(4)5)16-8-15(19)11(2)7-13(16)17(14)22;1-2/h7-8,10,12H,6,9H2,1-5H3;1-2H3. The predicted molar refractivity (Wildman–Crippen MR) is 103 cm³/mol. The van der Waals surface area contributed by atoms with Gasteiger partial charge in [-0.1, -0.05) is 13.8 Å². The first-order chi connectivity index (χ1) is 12.3. The minimum absolute atomic E-state index is 0.0266. The summed E-state index contributed by atoms with van der Waals surface area (Å²) >= 11 is 0. The summed E-state index contributed by atoms with van der Waals surface area (Å²) in [4.78, 5) is 26.8. The third-order valence-corrected chi connectivity index (χ3v) is 4.20. The topological polar surface area (TPSA) is 51.5 Å². The molecule has 0 aliphatic heterocycles. The number of pyridine rings is 1. The summed E-state index contributed by atoms with van der Waals surface area (Å²) in [6.07, 6.45) is 1.47. The van der Waals surface area contributed by atoms with E-state index in [0.29, 0.717) is 23.0 Å². The van der Waals surface area contributed by atoms with Crippen molar-refractivity contribution >= 4 is 16.9 Å². The molecule has 0 saturated heterocycles. The van der Waals surface area contributed by atoms with Crippen LogP contribution < -0.4 is 5.43 Å². The zero-order valence-corrected chi connectivity index (χ0v) is 16.7. The summed E-state index contributed by atoms with van der Waals surface area (Å²) < 4.78 is 20.7. The summed E-state index contributed by atoms with van der Waals surface area (Å²) in [5.74, 6) is -1.03. The fourth-order valence-corrected chi connectivity index (χ4v) is 2.47. The molecule has 0 aliphatic rings. The lowest BCUT2D eigenvalue weighted by molar-refractivity contribution is 0.0524. The largest absolute Gasteiger partial charge is 0.462 e. The maximum absolute atomic E-state index is 14.0. The number of aryl methyl sites for hydroxylation is 1. The molecule has 0 fully saturated rings. The second kappa shape index (κ2) is 9.48. The molecular weight excluding hydrogens is 335 g/mol. The normalized spacial score (nSPS) is 11.9. The number of ether oxygens (including phenoxy) is 1. The number of carbonyl (C=O) groups excluding carboxylic acids is 1. The molecule has 1 unspecified atom stereocenters. The summed E-state index contributed by atoms with van der Waals surface area (Å²) in [5.41, 5.74) is 0.388. The lowest BCUT2D eigenvalue weighted by Crippen LogP contribution is -2.31. The molecule has 0 spiro atoms. The van der Waals surface area contributed by atoms with Crippen molar-refractivity contribution in [2.45, 2.75) is 47.2 Å². The number of fused-ring (bicyclic) bond motifs is 1. The Morgan fingerprint density at radius 3 is 2.46 bits per heavy atom. The number of esters is 1. The van der Waals surface area contributed by atoms with Crippen molar-refractivity contribution < 1.29 is 13.9 Å². The van der Waals surface area contributed by atoms with Gasteiger partial charge in [0.2, 0.25) is 5.43 Å². The van der Waals surface area contributed by atoms with Crippen molar-refractivity contribution in [3.05, 3.63) is 45.5 Å². The Morgan fingerprint density at radius 2 is 1.92 bits per heavy atom. The van der Waals surface area contributed by atoms with Crippen molar-refractivity contribution in [2.75, 3.05) is 20.7 Å². The number of likely N-dealkylation sites (N-methyl/N-ethyl adjacent to an activating group) is 1. The fourth-order valence-electron chi connectivity index (χ4n) is 2.47. The van der Waals surface area contributed by atoms with Crippen molar-refractivity contribution in [1.29, 1.82) is 0 Å². The highest BCUT2D eigenvalue weighted by atomic mass is 19.1. The van der Waals surface area contributed by atoms with Crippen LogP contribution in [0.3, 0.4) is 0 Å². The van der Waals surface area contributed by atoms with Gasteiger partial charge in [0.1, 0.15) is 11.4 Å². The second-order valence-electron chi connectivity index (χ2n) is 6.18. The Hall–Kier alpha value is -2.21. The molecule has 26 heavy (non-hydrogen) atoms. The van der Waals surface area contributed by atoms with Crippen molar-refractivity contribution in [3.8, 4) is 0 Å². The molecule has 0 saturated carbocycles. The number of carbonyl (C=O) groups is 1. The molecule has 1 atom stereocenters. The van der Waals surface area contributed by atoms with Gasteiger partial charge in [0.25, 0.3) is 0 Å². The van der Waals surface area contributed by atoms with Crippen molar-refractivity contribution in [2.24, 2.45) is 0 Å². The van der Waals surface area contributed by atoms with Gasteiger partial charge in [-0.15, -0.1) is 0 Å². The summed E-state index contributed by atoms with van der Waals surface area (Å²) in [6.45, 7) is 9.99. The predicted octanol–water partition coefficient (Wildman–Crippen LogP) is 3.60. The summed E-state index contributed by atoms with van der Waals surface area (Å²) in [5, 5.41) is 0.324. The van der Waals surface area contributed by atoms with E-state index in [9.17, 15) is 14.0 Å². The van der Waals surface area contributed by atoms with Crippen LogP contribution >= 0.6 is 0 Å². The highest BCUT2D eigenvalue weighted by molar-refractivity contribution is 5.94. The van der Waals surface area contributed by atoms with E-state index in [0.717, 1.165) is 0 Å². The number of hydrogen-bond acceptors (Lipinski definition) is 4. The zero-order valence-electron chi connectivity index (χ0n) is 16.7. The van der Waals surface area contributed by atoms with Gasteiger partial charge >= 0.3 is 5.97 Å². The molecule has 144 valence electrons. The number of nitrogens with zero attached hydrogens (tertiary/aromatic N) is 2. The van der Waals surface area contributed by atoms with Gasteiger partial charge in [0.15, 0.2) is 0 Å². The van der Waals surface area contributed by atoms with E-state index in [1.165, 1.54) is 18.3 Å². The van der Waals surface area contributed by atoms with Crippen LogP contribution in [-0.4, -0.2) is 42.2 Å². The van der Waals surface area contributed by atoms with Crippen LogP contribution in [0.2, 0.25) is 0 Å². The first kappa shape index (κ1) is 21.8. The van der Waals surface area contributed by atoms with Crippen molar-refractivity contribution in [1.82, 2.24) is 9.47 Å². The molecule has 0 radical (unpaired) electrons. The molecule has 5 nitrogen and oxygen atoms in total. The van der Waals surface area contributed by atoms with Crippen LogP contribution in [-0.2, 0) is 11.3 Å². The molecule has 0 aliphatic carbocycles. The van der Waals surface area contributed by atoms with Crippen LogP contribution in [0.25, 0.3) is 10.9 Å². The number of halogens is 1. The molecule has 2 aromatic rings. The first-order valence-electron chi connectivity index (χ1n) is 8.93. The summed E-state index contributed by atoms with van der Waals surface area (Å²) in [7, 11) is 3.87.